The molecule has 2 heterocycles. The Kier molecular flexibility index (Phi) is 6.00. The summed E-state index contributed by atoms with van der Waals surface area (Å²) in [6, 6.07) is 15.9. The van der Waals surface area contributed by atoms with E-state index in [2.05, 4.69) is 5.32 Å². The molecule has 164 valence electrons. The van der Waals surface area contributed by atoms with Crippen molar-refractivity contribution in [3.05, 3.63) is 77.5 Å². The number of carbonyl (C=O) groups excluding carboxylic acids is 3. The molecule has 2 aromatic rings. The summed E-state index contributed by atoms with van der Waals surface area (Å²) in [5.41, 5.74) is 0.964. The first-order valence-electron chi connectivity index (χ1n) is 9.88. The fourth-order valence-electron chi connectivity index (χ4n) is 3.72. The second kappa shape index (κ2) is 8.88. The molecule has 2 amide bonds. The number of β-lactam (4-membered cyclic amide) rings is 1. The molecule has 0 saturated carbocycles. The van der Waals surface area contributed by atoms with Gasteiger partial charge in [0.1, 0.15) is 22.9 Å². The van der Waals surface area contributed by atoms with Crippen molar-refractivity contribution in [2.45, 2.75) is 24.3 Å². The molecule has 2 aliphatic heterocycles. The number of nitrogens with one attached hydrogen (secondary N) is 1. The van der Waals surface area contributed by atoms with E-state index in [0.717, 1.165) is 0 Å². The molecular formula is C23H20N2O6S. The molecule has 3 atom stereocenters. The lowest BCUT2D eigenvalue weighted by Crippen LogP contribution is -2.71. The summed E-state index contributed by atoms with van der Waals surface area (Å²) < 4.78 is 5.40. The summed E-state index contributed by atoms with van der Waals surface area (Å²) in [6.07, 6.45) is 0. The van der Waals surface area contributed by atoms with E-state index in [1.165, 1.54) is 16.7 Å². The predicted octanol–water partition coefficient (Wildman–Crippen LogP) is 2.13. The van der Waals surface area contributed by atoms with Gasteiger partial charge in [-0.3, -0.25) is 19.3 Å². The van der Waals surface area contributed by atoms with Gasteiger partial charge in [-0.25, -0.2) is 4.79 Å². The number of esters is 1. The third-order valence-corrected chi connectivity index (χ3v) is 6.68. The zero-order valence-electron chi connectivity index (χ0n) is 17.1. The molecule has 0 aromatic heterocycles. The van der Waals surface area contributed by atoms with Crippen molar-refractivity contribution in [3.8, 4) is 5.75 Å². The van der Waals surface area contributed by atoms with E-state index < -0.39 is 41.1 Å². The Bertz CT molecular complexity index is 1100. The highest BCUT2D eigenvalue weighted by molar-refractivity contribution is 8.00. The number of nitrogens with zero attached hydrogens (tertiary/aromatic N) is 1. The van der Waals surface area contributed by atoms with Crippen molar-refractivity contribution in [2.24, 2.45) is 0 Å². The fourth-order valence-corrected chi connectivity index (χ4v) is 5.01. The SMILES string of the molecule is CC1=C(C(=O)O)N2C(=O)C(NC(=O)C(C(=O)Oc3ccccc3)c3ccccc3)[C@H]2SC1. The zero-order chi connectivity index (χ0) is 22.8. The lowest BCUT2D eigenvalue weighted by atomic mass is 9.96. The average Bonchev–Trinajstić information content (AvgIpc) is 2.78. The van der Waals surface area contributed by atoms with Crippen molar-refractivity contribution in [1.82, 2.24) is 10.2 Å². The number of amides is 2. The highest BCUT2D eigenvalue weighted by Gasteiger charge is 2.54. The number of ether oxygens (including phenoxy) is 1. The molecule has 2 aromatic carbocycles. The molecule has 0 radical (unpaired) electrons. The summed E-state index contributed by atoms with van der Waals surface area (Å²) in [5, 5.41) is 11.6. The summed E-state index contributed by atoms with van der Waals surface area (Å²) in [6.45, 7) is 1.66. The topological polar surface area (TPSA) is 113 Å². The minimum absolute atomic E-state index is 0.0488. The number of carbonyl (C=O) groups is 4. The first-order valence-corrected chi connectivity index (χ1v) is 10.9. The van der Waals surface area contributed by atoms with Crippen LogP contribution in [-0.4, -0.2) is 50.9 Å². The lowest BCUT2D eigenvalue weighted by Gasteiger charge is -2.49. The van der Waals surface area contributed by atoms with Gasteiger partial charge in [0.05, 0.1) is 0 Å². The Labute approximate surface area is 188 Å². The Morgan fingerprint density at radius 1 is 1.09 bits per heavy atom. The zero-order valence-corrected chi connectivity index (χ0v) is 17.9. The summed E-state index contributed by atoms with van der Waals surface area (Å²) in [4.78, 5) is 51.5. The number of carboxylic acid groups (broad SMARTS) is 1. The quantitative estimate of drug-likeness (QED) is 0.299. The second-order valence-corrected chi connectivity index (χ2v) is 8.51. The van der Waals surface area contributed by atoms with E-state index in [4.69, 9.17) is 4.74 Å². The normalized spacial score (nSPS) is 20.7. The molecular weight excluding hydrogens is 432 g/mol. The first-order chi connectivity index (χ1) is 15.4. The van der Waals surface area contributed by atoms with Gasteiger partial charge in [-0.1, -0.05) is 48.5 Å². The maximum absolute atomic E-state index is 13.2. The number of para-hydroxylation sites is 1. The third kappa shape index (κ3) is 3.99. The average molecular weight is 452 g/mol. The molecule has 1 saturated heterocycles. The molecule has 32 heavy (non-hydrogen) atoms. The molecule has 2 aliphatic rings. The molecule has 0 bridgehead atoms. The summed E-state index contributed by atoms with van der Waals surface area (Å²) >= 11 is 1.37. The number of hydrogen-bond acceptors (Lipinski definition) is 6. The van der Waals surface area contributed by atoms with Crippen molar-refractivity contribution >= 4 is 35.5 Å². The van der Waals surface area contributed by atoms with E-state index in [1.807, 2.05) is 0 Å². The van der Waals surface area contributed by atoms with Gasteiger partial charge in [-0.05, 0) is 30.2 Å². The van der Waals surface area contributed by atoms with Crippen LogP contribution in [0.3, 0.4) is 0 Å². The van der Waals surface area contributed by atoms with Gasteiger partial charge in [-0.15, -0.1) is 11.8 Å². The fraction of sp³-hybridized carbons (Fsp3) is 0.217. The van der Waals surface area contributed by atoms with Gasteiger partial charge >= 0.3 is 11.9 Å². The van der Waals surface area contributed by atoms with Crippen LogP contribution in [0.4, 0.5) is 0 Å². The van der Waals surface area contributed by atoms with Gasteiger partial charge in [0.15, 0.2) is 5.92 Å². The van der Waals surface area contributed by atoms with Crippen LogP contribution in [0, 0.1) is 0 Å². The standard InChI is InChI=1S/C23H20N2O6S/c1-13-12-32-21-17(20(27)25(21)18(13)22(28)29)24-19(26)16(14-8-4-2-5-9-14)23(30)31-15-10-6-3-7-11-15/h2-11,16-17,21H,12H2,1H3,(H,24,26)(H,28,29)/t16?,17?,21-/m1/s1. The Morgan fingerprint density at radius 3 is 2.34 bits per heavy atom. The van der Waals surface area contributed by atoms with Crippen molar-refractivity contribution in [1.29, 1.82) is 0 Å². The van der Waals surface area contributed by atoms with Gasteiger partial charge in [0, 0.05) is 5.75 Å². The van der Waals surface area contributed by atoms with Crippen LogP contribution in [0.1, 0.15) is 18.4 Å². The minimum Gasteiger partial charge on any atom is -0.477 e. The van der Waals surface area contributed by atoms with Gasteiger partial charge in [0.2, 0.25) is 5.91 Å². The largest absolute Gasteiger partial charge is 0.477 e. The van der Waals surface area contributed by atoms with Gasteiger partial charge in [-0.2, -0.15) is 0 Å². The van der Waals surface area contributed by atoms with E-state index >= 15 is 0 Å². The van der Waals surface area contributed by atoms with Crippen molar-refractivity contribution in [3.63, 3.8) is 0 Å². The molecule has 8 nitrogen and oxygen atoms in total. The Morgan fingerprint density at radius 2 is 1.72 bits per heavy atom. The van der Waals surface area contributed by atoms with Crippen LogP contribution in [0.15, 0.2) is 71.9 Å². The second-order valence-electron chi connectivity index (χ2n) is 7.41. The van der Waals surface area contributed by atoms with E-state index in [-0.39, 0.29) is 5.70 Å². The van der Waals surface area contributed by atoms with E-state index in [9.17, 15) is 24.3 Å². The highest BCUT2D eigenvalue weighted by Crippen LogP contribution is 2.40. The van der Waals surface area contributed by atoms with Crippen molar-refractivity contribution in [2.75, 3.05) is 5.75 Å². The first kappa shape index (κ1) is 21.6. The maximum atomic E-state index is 13.2. The number of aliphatic carboxylic acids is 1. The van der Waals surface area contributed by atoms with Gasteiger partial charge < -0.3 is 15.2 Å². The van der Waals surface area contributed by atoms with Crippen molar-refractivity contribution < 1.29 is 29.0 Å². The van der Waals surface area contributed by atoms with Gasteiger partial charge in [0.25, 0.3) is 5.91 Å². The Hall–Kier alpha value is -3.59. The van der Waals surface area contributed by atoms with Crippen LogP contribution in [0.25, 0.3) is 0 Å². The van der Waals surface area contributed by atoms with Crippen LogP contribution >= 0.6 is 11.8 Å². The minimum atomic E-state index is -1.29. The number of carboxylic acids is 1. The summed E-state index contributed by atoms with van der Waals surface area (Å²) in [7, 11) is 0. The monoisotopic (exact) mass is 452 g/mol. The maximum Gasteiger partial charge on any atom is 0.352 e. The highest BCUT2D eigenvalue weighted by atomic mass is 32.2. The van der Waals surface area contributed by atoms with Crippen LogP contribution in [0.2, 0.25) is 0 Å². The summed E-state index contributed by atoms with van der Waals surface area (Å²) in [5.74, 6) is -3.72. The van der Waals surface area contributed by atoms with Crippen LogP contribution in [-0.2, 0) is 19.2 Å². The lowest BCUT2D eigenvalue weighted by molar-refractivity contribution is -0.151. The molecule has 4 rings (SSSR count). The van der Waals surface area contributed by atoms with E-state index in [0.29, 0.717) is 22.6 Å². The van der Waals surface area contributed by atoms with Crippen LogP contribution < -0.4 is 10.1 Å². The number of benzene rings is 2. The molecule has 2 unspecified atom stereocenters. The molecule has 9 heteroatoms. The molecule has 2 N–H and O–H groups in total. The molecule has 0 aliphatic carbocycles. The molecule has 1 fully saturated rings. The smallest absolute Gasteiger partial charge is 0.352 e. The third-order valence-electron chi connectivity index (χ3n) is 5.25. The predicted molar refractivity (Wildman–Crippen MR) is 117 cm³/mol. The van der Waals surface area contributed by atoms with Crippen LogP contribution in [0.5, 0.6) is 5.75 Å². The molecule has 0 spiro atoms. The number of rotatable bonds is 6. The Balaban J connectivity index is 1.54. The number of fused-ring (bicyclic) bond motifs is 1. The van der Waals surface area contributed by atoms with E-state index in [1.54, 1.807) is 67.6 Å². The number of thioether (sulfide) groups is 1. The number of hydrogen-bond donors (Lipinski definition) is 2.